The summed E-state index contributed by atoms with van der Waals surface area (Å²) in [7, 11) is 4.18. The number of allylic oxidation sites excluding steroid dienone is 1. The third kappa shape index (κ3) is 5.74. The molecule has 180 valence electrons. The molecule has 1 aromatic heterocycles. The van der Waals surface area contributed by atoms with Crippen LogP contribution in [0.25, 0.3) is 11.1 Å². The van der Waals surface area contributed by atoms with E-state index in [9.17, 15) is 9.18 Å². The first-order valence-corrected chi connectivity index (χ1v) is 11.9. The molecule has 2 aromatic rings. The molecule has 3 N–H and O–H groups in total. The van der Waals surface area contributed by atoms with Crippen molar-refractivity contribution in [3.05, 3.63) is 65.4 Å². The molecule has 7 nitrogen and oxygen atoms in total. The molecule has 3 heterocycles. The van der Waals surface area contributed by atoms with Crippen molar-refractivity contribution in [2.24, 2.45) is 4.99 Å². The lowest BCUT2D eigenvalue weighted by atomic mass is 9.99. The fourth-order valence-corrected chi connectivity index (χ4v) is 4.49. The molecule has 1 amide bonds. The highest BCUT2D eigenvalue weighted by molar-refractivity contribution is 6.21. The highest BCUT2D eigenvalue weighted by atomic mass is 35.5. The number of benzene rings is 1. The lowest BCUT2D eigenvalue weighted by Gasteiger charge is -2.38. The first-order chi connectivity index (χ1) is 16.2. The average Bonchev–Trinajstić information content (AvgIpc) is 3.33. The molecular weight excluding hydrogens is 455 g/mol. The maximum absolute atomic E-state index is 14.6. The number of carbonyl (C=O) groups excluding carboxylic acids is 1. The highest BCUT2D eigenvalue weighted by Crippen LogP contribution is 2.26. The van der Waals surface area contributed by atoms with Gasteiger partial charge in [0.25, 0.3) is 5.91 Å². The summed E-state index contributed by atoms with van der Waals surface area (Å²) in [6, 6.07) is 7.32. The summed E-state index contributed by atoms with van der Waals surface area (Å²) in [6.07, 6.45) is 6.33. The molecular formula is C25H31ClFN6O+. The van der Waals surface area contributed by atoms with Crippen LogP contribution in [-0.2, 0) is 6.54 Å². The Kier molecular flexibility index (Phi) is 7.19. The summed E-state index contributed by atoms with van der Waals surface area (Å²) in [4.78, 5) is 21.4. The van der Waals surface area contributed by atoms with Crippen LogP contribution in [0.4, 0.5) is 4.39 Å². The number of hydrogen-bond acceptors (Lipinski definition) is 5. The minimum Gasteiger partial charge on any atom is -0.355 e. The number of quaternary nitrogens is 1. The van der Waals surface area contributed by atoms with Gasteiger partial charge < -0.3 is 16.0 Å². The molecule has 0 aliphatic carbocycles. The van der Waals surface area contributed by atoms with E-state index in [1.165, 1.54) is 6.20 Å². The van der Waals surface area contributed by atoms with E-state index in [4.69, 9.17) is 11.6 Å². The molecule has 4 rings (SSSR count). The van der Waals surface area contributed by atoms with Crippen molar-refractivity contribution >= 4 is 23.5 Å². The van der Waals surface area contributed by atoms with Crippen molar-refractivity contribution in [3.8, 4) is 11.1 Å². The Bertz CT molecular complexity index is 1130. The topological polar surface area (TPSA) is 78.4 Å². The third-order valence-electron chi connectivity index (χ3n) is 6.29. The number of carbonyl (C=O) groups is 1. The highest BCUT2D eigenvalue weighted by Gasteiger charge is 2.32. The SMILES string of the molecule is Cc1cnc(F)c(-c2cc(CNC3=NCCN3)cc(C(=O)NCC3CC(Cl)C=C[N+]3(C)C)c2)c1. The van der Waals surface area contributed by atoms with E-state index in [2.05, 4.69) is 46.2 Å². The summed E-state index contributed by atoms with van der Waals surface area (Å²) in [5.74, 6) is -0.0491. The molecule has 34 heavy (non-hydrogen) atoms. The zero-order valence-electron chi connectivity index (χ0n) is 19.7. The molecule has 0 radical (unpaired) electrons. The lowest BCUT2D eigenvalue weighted by molar-refractivity contribution is -0.866. The van der Waals surface area contributed by atoms with Crippen molar-refractivity contribution in [2.45, 2.75) is 31.3 Å². The van der Waals surface area contributed by atoms with Crippen LogP contribution in [0.5, 0.6) is 0 Å². The van der Waals surface area contributed by atoms with E-state index >= 15 is 0 Å². The number of aromatic nitrogens is 1. The van der Waals surface area contributed by atoms with E-state index < -0.39 is 5.95 Å². The van der Waals surface area contributed by atoms with E-state index in [-0.39, 0.29) is 17.3 Å². The Hall–Kier alpha value is -2.97. The summed E-state index contributed by atoms with van der Waals surface area (Å²) < 4.78 is 15.2. The number of amides is 1. The predicted molar refractivity (Wildman–Crippen MR) is 133 cm³/mol. The van der Waals surface area contributed by atoms with Crippen LogP contribution in [0.3, 0.4) is 0 Å². The fraction of sp³-hybridized carbons (Fsp3) is 0.400. The number of likely N-dealkylation sites (N-methyl/N-ethyl adjacent to an activating group) is 1. The number of aliphatic imine (C=N–C) groups is 1. The van der Waals surface area contributed by atoms with Crippen LogP contribution in [0, 0.1) is 12.9 Å². The van der Waals surface area contributed by atoms with Gasteiger partial charge in [0.15, 0.2) is 5.96 Å². The number of nitrogens with zero attached hydrogens (tertiary/aromatic N) is 3. The van der Waals surface area contributed by atoms with E-state index in [0.717, 1.165) is 36.6 Å². The maximum atomic E-state index is 14.6. The standard InChI is InChI=1S/C25H30ClFN6O/c1-16-8-22(23(27)30-13-16)18-9-17(14-32-25-28-5-6-29-25)10-19(11-18)24(34)31-15-21-12-20(26)4-7-33(21,2)3/h4,7-11,13,20-21H,5-6,12,14-15H2,1-3H3,(H2-,28,29,31,32,34)/p+1. The second kappa shape index (κ2) is 10.1. The molecule has 9 heteroatoms. The molecule has 0 spiro atoms. The molecule has 0 saturated heterocycles. The maximum Gasteiger partial charge on any atom is 0.251 e. The number of hydrogen-bond donors (Lipinski definition) is 3. The van der Waals surface area contributed by atoms with Crippen molar-refractivity contribution in [1.29, 1.82) is 0 Å². The van der Waals surface area contributed by atoms with Gasteiger partial charge in [-0.1, -0.05) is 0 Å². The molecule has 0 saturated carbocycles. The van der Waals surface area contributed by atoms with Gasteiger partial charge in [0.05, 0.1) is 38.8 Å². The number of aryl methyl sites for hydroxylation is 1. The van der Waals surface area contributed by atoms with Crippen molar-refractivity contribution in [2.75, 3.05) is 33.7 Å². The van der Waals surface area contributed by atoms with Gasteiger partial charge in [-0.05, 0) is 54.0 Å². The van der Waals surface area contributed by atoms with Crippen LogP contribution in [0.15, 0.2) is 47.7 Å². The second-order valence-corrected chi connectivity index (χ2v) is 9.93. The number of nitrogens with one attached hydrogen (secondary N) is 3. The smallest absolute Gasteiger partial charge is 0.251 e. The number of guanidine groups is 1. The number of halogens is 2. The van der Waals surface area contributed by atoms with Gasteiger partial charge in [-0.3, -0.25) is 14.3 Å². The van der Waals surface area contributed by atoms with Gasteiger partial charge in [-0.2, -0.15) is 4.39 Å². The quantitative estimate of drug-likeness (QED) is 0.334. The van der Waals surface area contributed by atoms with Crippen LogP contribution >= 0.6 is 11.6 Å². The minimum absolute atomic E-state index is 0.0436. The normalized spacial score (nSPS) is 21.0. The number of pyridine rings is 1. The fourth-order valence-electron chi connectivity index (χ4n) is 4.22. The van der Waals surface area contributed by atoms with Crippen LogP contribution in [0.1, 0.15) is 27.9 Å². The third-order valence-corrected chi connectivity index (χ3v) is 6.62. The van der Waals surface area contributed by atoms with Gasteiger partial charge in [0.2, 0.25) is 5.95 Å². The predicted octanol–water partition coefficient (Wildman–Crippen LogP) is 2.94. The van der Waals surface area contributed by atoms with Gasteiger partial charge in [-0.15, -0.1) is 11.6 Å². The van der Waals surface area contributed by atoms with E-state index in [1.54, 1.807) is 12.1 Å². The zero-order valence-corrected chi connectivity index (χ0v) is 20.5. The Labute approximate surface area is 204 Å². The molecule has 2 aliphatic heterocycles. The second-order valence-electron chi connectivity index (χ2n) is 9.37. The molecule has 0 fully saturated rings. The van der Waals surface area contributed by atoms with Gasteiger partial charge in [0.1, 0.15) is 6.04 Å². The summed E-state index contributed by atoms with van der Waals surface area (Å²) >= 11 is 6.32. The number of alkyl halides is 1. The van der Waals surface area contributed by atoms with Gasteiger partial charge in [0, 0.05) is 36.8 Å². The van der Waals surface area contributed by atoms with Gasteiger partial charge >= 0.3 is 0 Å². The van der Waals surface area contributed by atoms with Crippen molar-refractivity contribution in [3.63, 3.8) is 0 Å². The average molecular weight is 486 g/mol. The summed E-state index contributed by atoms with van der Waals surface area (Å²) in [5.41, 5.74) is 3.13. The van der Waals surface area contributed by atoms with E-state index in [0.29, 0.717) is 34.3 Å². The van der Waals surface area contributed by atoms with Crippen LogP contribution in [0.2, 0.25) is 0 Å². The first-order valence-electron chi connectivity index (χ1n) is 11.4. The monoisotopic (exact) mass is 485 g/mol. The Morgan fingerprint density at radius 3 is 2.88 bits per heavy atom. The molecule has 2 unspecified atom stereocenters. The Balaban J connectivity index is 1.58. The molecule has 2 atom stereocenters. The lowest BCUT2D eigenvalue weighted by Crippen LogP contribution is -2.53. The van der Waals surface area contributed by atoms with E-state index in [1.807, 2.05) is 25.1 Å². The summed E-state index contributed by atoms with van der Waals surface area (Å²) in [5, 5.41) is 9.43. The Morgan fingerprint density at radius 2 is 2.12 bits per heavy atom. The summed E-state index contributed by atoms with van der Waals surface area (Å²) in [6.45, 7) is 4.32. The first kappa shape index (κ1) is 24.2. The van der Waals surface area contributed by atoms with Crippen molar-refractivity contribution < 1.29 is 13.7 Å². The van der Waals surface area contributed by atoms with Crippen LogP contribution < -0.4 is 16.0 Å². The minimum atomic E-state index is -0.565. The number of rotatable bonds is 6. The molecule has 2 aliphatic rings. The molecule has 1 aromatic carbocycles. The van der Waals surface area contributed by atoms with Crippen molar-refractivity contribution in [1.82, 2.24) is 20.9 Å². The van der Waals surface area contributed by atoms with Gasteiger partial charge in [-0.25, -0.2) is 4.98 Å². The Morgan fingerprint density at radius 1 is 1.29 bits per heavy atom. The molecule has 0 bridgehead atoms. The largest absolute Gasteiger partial charge is 0.355 e. The zero-order chi connectivity index (χ0) is 24.3. The van der Waals surface area contributed by atoms with Crippen LogP contribution in [-0.4, -0.2) is 66.5 Å².